The molecule has 1 unspecified atom stereocenters. The fourth-order valence-electron chi connectivity index (χ4n) is 4.22. The van der Waals surface area contributed by atoms with Crippen molar-refractivity contribution in [3.8, 4) is 17.2 Å². The first-order valence-electron chi connectivity index (χ1n) is 13.2. The molecule has 10 heteroatoms. The molecule has 0 fully saturated rings. The van der Waals surface area contributed by atoms with Crippen LogP contribution in [0.25, 0.3) is 10.2 Å². The van der Waals surface area contributed by atoms with Gasteiger partial charge in [-0.05, 0) is 73.2 Å². The molecule has 1 atom stereocenters. The third-order valence-electron chi connectivity index (χ3n) is 6.25. The van der Waals surface area contributed by atoms with Crippen LogP contribution in [0, 0.1) is 0 Å². The van der Waals surface area contributed by atoms with E-state index in [4.69, 9.17) is 14.2 Å². The summed E-state index contributed by atoms with van der Waals surface area (Å²) in [5, 5.41) is 5.91. The number of thioether (sulfide) groups is 1. The Bertz CT molecular complexity index is 1690. The molecule has 1 heterocycles. The summed E-state index contributed by atoms with van der Waals surface area (Å²) in [6.07, 6.45) is 0. The van der Waals surface area contributed by atoms with Crippen LogP contribution in [0.5, 0.6) is 17.2 Å². The Morgan fingerprint density at radius 3 is 2.36 bits per heavy atom. The molecule has 4 aromatic carbocycles. The zero-order chi connectivity index (χ0) is 29.5. The molecule has 0 spiro atoms. The zero-order valence-corrected chi connectivity index (χ0v) is 24.9. The molecule has 1 aromatic heterocycles. The number of methoxy groups -OCH3 is 2. The number of anilines is 2. The summed E-state index contributed by atoms with van der Waals surface area (Å²) in [4.78, 5) is 31.9. The third kappa shape index (κ3) is 6.84. The molecule has 0 radical (unpaired) electrons. The number of aromatic nitrogens is 1. The fourth-order valence-corrected chi connectivity index (χ4v) is 6.14. The summed E-state index contributed by atoms with van der Waals surface area (Å²) in [6, 6.07) is 27.7. The van der Waals surface area contributed by atoms with Gasteiger partial charge in [-0.25, -0.2) is 4.98 Å². The number of rotatable bonds is 11. The second-order valence-corrected chi connectivity index (χ2v) is 11.2. The van der Waals surface area contributed by atoms with Gasteiger partial charge in [0.05, 0.1) is 31.0 Å². The molecule has 42 heavy (non-hydrogen) atoms. The average Bonchev–Trinajstić information content (AvgIpc) is 3.42. The highest BCUT2D eigenvalue weighted by Gasteiger charge is 2.23. The summed E-state index contributed by atoms with van der Waals surface area (Å²) >= 11 is 2.83. The van der Waals surface area contributed by atoms with Gasteiger partial charge in [0.15, 0.2) is 16.6 Å². The molecule has 8 nitrogen and oxygen atoms in total. The smallest absolute Gasteiger partial charge is 0.255 e. The minimum absolute atomic E-state index is 0.180. The van der Waals surface area contributed by atoms with Crippen molar-refractivity contribution in [3.05, 3.63) is 102 Å². The number of ether oxygens (including phenoxy) is 3. The number of fused-ring (bicyclic) bond motifs is 1. The number of thiazole rings is 1. The van der Waals surface area contributed by atoms with E-state index in [1.165, 1.54) is 30.2 Å². The molecule has 2 N–H and O–H groups in total. The van der Waals surface area contributed by atoms with Crippen molar-refractivity contribution in [2.75, 3.05) is 31.5 Å². The van der Waals surface area contributed by atoms with Crippen LogP contribution in [0.15, 0.2) is 95.9 Å². The summed E-state index contributed by atoms with van der Waals surface area (Å²) in [6.45, 7) is 2.52. The van der Waals surface area contributed by atoms with E-state index in [0.29, 0.717) is 34.5 Å². The lowest BCUT2D eigenvalue weighted by atomic mass is 10.1. The first-order chi connectivity index (χ1) is 20.5. The van der Waals surface area contributed by atoms with Crippen molar-refractivity contribution in [2.45, 2.75) is 17.1 Å². The normalized spacial score (nSPS) is 11.5. The van der Waals surface area contributed by atoms with Crippen molar-refractivity contribution < 1.29 is 23.8 Å². The monoisotopic (exact) mass is 599 g/mol. The Morgan fingerprint density at radius 1 is 0.881 bits per heavy atom. The minimum atomic E-state index is -0.524. The highest BCUT2D eigenvalue weighted by atomic mass is 32.2. The van der Waals surface area contributed by atoms with Gasteiger partial charge in [-0.1, -0.05) is 41.7 Å². The maximum Gasteiger partial charge on any atom is 0.255 e. The van der Waals surface area contributed by atoms with Crippen LogP contribution in [-0.2, 0) is 4.79 Å². The van der Waals surface area contributed by atoms with Gasteiger partial charge in [-0.15, -0.1) is 11.8 Å². The lowest BCUT2D eigenvalue weighted by molar-refractivity contribution is -0.115. The molecule has 0 aliphatic heterocycles. The van der Waals surface area contributed by atoms with E-state index < -0.39 is 5.25 Å². The maximum atomic E-state index is 13.6. The number of benzene rings is 4. The van der Waals surface area contributed by atoms with Crippen LogP contribution >= 0.6 is 23.1 Å². The molecule has 2 amide bonds. The molecular weight excluding hydrogens is 571 g/mol. The average molecular weight is 600 g/mol. The van der Waals surface area contributed by atoms with E-state index >= 15 is 0 Å². The molecule has 0 saturated heterocycles. The predicted molar refractivity (Wildman–Crippen MR) is 168 cm³/mol. The van der Waals surface area contributed by atoms with Crippen molar-refractivity contribution in [1.29, 1.82) is 0 Å². The molecule has 0 aliphatic rings. The number of hydrogen-bond acceptors (Lipinski definition) is 8. The molecular formula is C32H29N3O5S2. The molecule has 0 aliphatic carbocycles. The summed E-state index contributed by atoms with van der Waals surface area (Å²) < 4.78 is 17.1. The Balaban J connectivity index is 1.30. The Hall–Kier alpha value is -4.54. The van der Waals surface area contributed by atoms with Crippen LogP contribution in [-0.4, -0.2) is 37.6 Å². The molecule has 0 bridgehead atoms. The number of nitrogens with zero attached hydrogens (tertiary/aromatic N) is 1. The number of nitrogens with one attached hydrogen (secondary N) is 2. The van der Waals surface area contributed by atoms with Gasteiger partial charge in [0, 0.05) is 16.1 Å². The van der Waals surface area contributed by atoms with Crippen molar-refractivity contribution >= 4 is 55.9 Å². The first kappa shape index (κ1) is 29.0. The van der Waals surface area contributed by atoms with E-state index in [0.717, 1.165) is 26.4 Å². The van der Waals surface area contributed by atoms with Crippen molar-refractivity contribution in [3.63, 3.8) is 0 Å². The SMILES string of the molecule is CCOc1ccc2nc(NC(=O)C(Sc3ccc(NC(=O)c4ccc(OC)c(OC)c4)cc3)c3ccccc3)sc2c1. The molecule has 0 saturated carbocycles. The van der Waals surface area contributed by atoms with Crippen LogP contribution in [0.1, 0.15) is 28.1 Å². The first-order valence-corrected chi connectivity index (χ1v) is 14.9. The van der Waals surface area contributed by atoms with Gasteiger partial charge in [0.25, 0.3) is 5.91 Å². The standard InChI is InChI=1S/C32H29N3O5S2/c1-4-40-23-13-16-25-28(19-23)42-32(34-25)35-31(37)29(20-8-6-5-7-9-20)41-24-14-11-22(12-15-24)33-30(36)21-10-17-26(38-2)27(18-21)39-3/h5-19,29H,4H2,1-3H3,(H,33,36)(H,34,35,37). The predicted octanol–water partition coefficient (Wildman–Crippen LogP) is 7.44. The largest absolute Gasteiger partial charge is 0.494 e. The Kier molecular flexibility index (Phi) is 9.25. The molecule has 5 rings (SSSR count). The van der Waals surface area contributed by atoms with Gasteiger partial charge in [0.2, 0.25) is 5.91 Å². The van der Waals surface area contributed by atoms with Crippen molar-refractivity contribution in [2.24, 2.45) is 0 Å². The number of hydrogen-bond donors (Lipinski definition) is 2. The third-order valence-corrected chi connectivity index (χ3v) is 8.45. The van der Waals surface area contributed by atoms with E-state index in [-0.39, 0.29) is 11.8 Å². The van der Waals surface area contributed by atoms with E-state index in [9.17, 15) is 9.59 Å². The minimum Gasteiger partial charge on any atom is -0.494 e. The maximum absolute atomic E-state index is 13.6. The van der Waals surface area contributed by atoms with Gasteiger partial charge in [0.1, 0.15) is 11.0 Å². The Labute approximate surface area is 252 Å². The van der Waals surface area contributed by atoms with Gasteiger partial charge in [-0.2, -0.15) is 0 Å². The second-order valence-electron chi connectivity index (χ2n) is 9.03. The van der Waals surface area contributed by atoms with Crippen LogP contribution in [0.3, 0.4) is 0 Å². The summed E-state index contributed by atoms with van der Waals surface area (Å²) in [5.41, 5.74) is 2.73. The Morgan fingerprint density at radius 2 is 1.64 bits per heavy atom. The number of carbonyl (C=O) groups excluding carboxylic acids is 2. The zero-order valence-electron chi connectivity index (χ0n) is 23.2. The molecule has 5 aromatic rings. The van der Waals surface area contributed by atoms with Gasteiger partial charge in [-0.3, -0.25) is 9.59 Å². The van der Waals surface area contributed by atoms with Crippen molar-refractivity contribution in [1.82, 2.24) is 4.98 Å². The molecule has 214 valence electrons. The van der Waals surface area contributed by atoms with Gasteiger partial charge < -0.3 is 24.8 Å². The van der Waals surface area contributed by atoms with E-state index in [1.54, 1.807) is 25.3 Å². The second kappa shape index (κ2) is 13.4. The fraction of sp³-hybridized carbons (Fsp3) is 0.156. The number of amides is 2. The van der Waals surface area contributed by atoms with E-state index in [1.807, 2.05) is 79.7 Å². The summed E-state index contributed by atoms with van der Waals surface area (Å²) in [7, 11) is 3.07. The van der Waals surface area contributed by atoms with Gasteiger partial charge >= 0.3 is 0 Å². The quantitative estimate of drug-likeness (QED) is 0.152. The topological polar surface area (TPSA) is 98.8 Å². The van der Waals surface area contributed by atoms with E-state index in [2.05, 4.69) is 15.6 Å². The lowest BCUT2D eigenvalue weighted by Crippen LogP contribution is -2.18. The van der Waals surface area contributed by atoms with Crippen LogP contribution < -0.4 is 24.8 Å². The van der Waals surface area contributed by atoms with Crippen LogP contribution in [0.4, 0.5) is 10.8 Å². The number of carbonyl (C=O) groups is 2. The lowest BCUT2D eigenvalue weighted by Gasteiger charge is -2.16. The van der Waals surface area contributed by atoms with Crippen LogP contribution in [0.2, 0.25) is 0 Å². The highest BCUT2D eigenvalue weighted by molar-refractivity contribution is 8.00. The highest BCUT2D eigenvalue weighted by Crippen LogP contribution is 2.38. The summed E-state index contributed by atoms with van der Waals surface area (Å²) in [5.74, 6) is 1.34.